The van der Waals surface area contributed by atoms with Gasteiger partial charge in [0.1, 0.15) is 24.9 Å². The molecule has 0 spiro atoms. The van der Waals surface area contributed by atoms with Crippen LogP contribution in [0.1, 0.15) is 105 Å². The van der Waals surface area contributed by atoms with Gasteiger partial charge in [-0.3, -0.25) is 0 Å². The van der Waals surface area contributed by atoms with E-state index in [-0.39, 0.29) is 55.2 Å². The standard InChI is InChI=1S/C41H64O14/c1-19-36(47)27(42)14-33(50-19)54-38-21(3)52-34(16-29(38)44)55-37-20(2)51-32(15-28(37)43)53-24-8-10-39(4)23(13-24)6-7-26-25(39)9-11-40(5)35(22-12-31(46)49-18-22)30(45)17-41(26,40)48/h12,19-21,23-30,32-38,42-45,47-48H,6-11,13-18H2,1-5H3/t19-,20-,21-,23-,24?,25+,26?,27+,28+,29+,30+,32+,33+,34+,35+,36-,37?,38-,39+,40-,41+/m1/s1. The fraction of sp³-hybridized carbons (Fsp3) is 0.927. The van der Waals surface area contributed by atoms with Crippen LogP contribution in [0.3, 0.4) is 0 Å². The molecule has 8 aliphatic rings. The minimum absolute atomic E-state index is 0.0203. The number of ether oxygens (including phenoxy) is 7. The van der Waals surface area contributed by atoms with Crippen molar-refractivity contribution in [2.75, 3.05) is 6.61 Å². The molecule has 4 saturated carbocycles. The largest absolute Gasteiger partial charge is 0.458 e. The van der Waals surface area contributed by atoms with Crippen LogP contribution in [-0.4, -0.2) is 135 Å². The van der Waals surface area contributed by atoms with Crippen molar-refractivity contribution in [3.8, 4) is 0 Å². The van der Waals surface area contributed by atoms with Crippen molar-refractivity contribution in [3.05, 3.63) is 11.6 Å². The zero-order valence-electron chi connectivity index (χ0n) is 32.9. The second-order valence-corrected chi connectivity index (χ2v) is 18.9. The average Bonchev–Trinajstić information content (AvgIpc) is 3.62. The van der Waals surface area contributed by atoms with E-state index in [0.717, 1.165) is 50.5 Å². The Kier molecular flexibility index (Phi) is 11.1. The highest BCUT2D eigenvalue weighted by Crippen LogP contribution is 2.70. The molecule has 7 fully saturated rings. The van der Waals surface area contributed by atoms with Crippen LogP contribution in [0.2, 0.25) is 0 Å². The molecule has 14 heteroatoms. The molecule has 312 valence electrons. The van der Waals surface area contributed by atoms with Gasteiger partial charge in [0.15, 0.2) is 18.9 Å². The van der Waals surface area contributed by atoms with E-state index in [2.05, 4.69) is 13.8 Å². The number of hydrogen-bond acceptors (Lipinski definition) is 14. The van der Waals surface area contributed by atoms with Crippen LogP contribution >= 0.6 is 0 Å². The molecule has 0 radical (unpaired) electrons. The molecular formula is C41H64O14. The highest BCUT2D eigenvalue weighted by Gasteiger charge is 2.70. The monoisotopic (exact) mass is 780 g/mol. The van der Waals surface area contributed by atoms with Gasteiger partial charge >= 0.3 is 5.97 Å². The Morgan fingerprint density at radius 1 is 0.691 bits per heavy atom. The number of carbonyl (C=O) groups excluding carboxylic acids is 1. The third kappa shape index (κ3) is 7.05. The summed E-state index contributed by atoms with van der Waals surface area (Å²) in [6.45, 7) is 9.98. The third-order valence-corrected chi connectivity index (χ3v) is 15.8. The van der Waals surface area contributed by atoms with E-state index in [1.807, 2.05) is 6.92 Å². The fourth-order valence-electron chi connectivity index (χ4n) is 12.9. The van der Waals surface area contributed by atoms with Crippen LogP contribution in [0.15, 0.2) is 11.6 Å². The average molecular weight is 781 g/mol. The topological polar surface area (TPSA) is 203 Å². The highest BCUT2D eigenvalue weighted by molar-refractivity contribution is 5.85. The van der Waals surface area contributed by atoms with Crippen LogP contribution in [0, 0.1) is 34.5 Å². The maximum atomic E-state index is 12.6. The Morgan fingerprint density at radius 2 is 1.29 bits per heavy atom. The number of aliphatic hydroxyl groups excluding tert-OH is 5. The molecule has 0 aromatic rings. The zero-order chi connectivity index (χ0) is 39.2. The first-order chi connectivity index (χ1) is 26.0. The molecule has 0 bridgehead atoms. The normalized spacial score (nSPS) is 55.5. The Bertz CT molecular complexity index is 1410. The molecule has 4 aliphatic carbocycles. The molecule has 8 rings (SSSR count). The minimum Gasteiger partial charge on any atom is -0.458 e. The van der Waals surface area contributed by atoms with E-state index in [9.17, 15) is 35.4 Å². The van der Waals surface area contributed by atoms with Crippen molar-refractivity contribution in [1.29, 1.82) is 0 Å². The molecule has 4 heterocycles. The molecule has 3 saturated heterocycles. The van der Waals surface area contributed by atoms with E-state index in [4.69, 9.17) is 33.2 Å². The Hall–Kier alpha value is -1.27. The predicted molar refractivity (Wildman–Crippen MR) is 193 cm³/mol. The molecule has 55 heavy (non-hydrogen) atoms. The first-order valence-electron chi connectivity index (χ1n) is 20.9. The Labute approximate surface area is 323 Å². The van der Waals surface area contributed by atoms with E-state index >= 15 is 0 Å². The van der Waals surface area contributed by atoms with Gasteiger partial charge in [-0.1, -0.05) is 13.8 Å². The van der Waals surface area contributed by atoms with Gasteiger partial charge < -0.3 is 63.8 Å². The molecule has 4 aliphatic heterocycles. The number of carbonyl (C=O) groups is 1. The van der Waals surface area contributed by atoms with Gasteiger partial charge in [-0.25, -0.2) is 4.79 Å². The summed E-state index contributed by atoms with van der Waals surface area (Å²) < 4.78 is 42.1. The first kappa shape index (κ1) is 40.5. The van der Waals surface area contributed by atoms with Crippen LogP contribution in [0.25, 0.3) is 0 Å². The first-order valence-corrected chi connectivity index (χ1v) is 20.9. The summed E-state index contributed by atoms with van der Waals surface area (Å²) in [4.78, 5) is 12.0. The summed E-state index contributed by atoms with van der Waals surface area (Å²) in [6.07, 6.45) is -1.26. The third-order valence-electron chi connectivity index (χ3n) is 15.8. The van der Waals surface area contributed by atoms with Gasteiger partial charge in [0.05, 0.1) is 54.4 Å². The number of cyclic esters (lactones) is 1. The molecular weight excluding hydrogens is 716 g/mol. The maximum absolute atomic E-state index is 12.6. The van der Waals surface area contributed by atoms with E-state index < -0.39 is 90.9 Å². The quantitative estimate of drug-likeness (QED) is 0.162. The Balaban J connectivity index is 0.834. The maximum Gasteiger partial charge on any atom is 0.331 e. The summed E-state index contributed by atoms with van der Waals surface area (Å²) in [7, 11) is 0. The van der Waals surface area contributed by atoms with Crippen LogP contribution in [0.4, 0.5) is 0 Å². The number of esters is 1. The second kappa shape index (κ2) is 15.1. The Morgan fingerprint density at radius 3 is 1.87 bits per heavy atom. The van der Waals surface area contributed by atoms with Gasteiger partial charge in [0.25, 0.3) is 0 Å². The summed E-state index contributed by atoms with van der Waals surface area (Å²) >= 11 is 0. The lowest BCUT2D eigenvalue weighted by Crippen LogP contribution is -2.62. The van der Waals surface area contributed by atoms with Gasteiger partial charge in [-0.05, 0) is 94.5 Å². The van der Waals surface area contributed by atoms with Crippen molar-refractivity contribution in [3.63, 3.8) is 0 Å². The molecule has 3 unspecified atom stereocenters. The zero-order valence-corrected chi connectivity index (χ0v) is 32.9. The van der Waals surface area contributed by atoms with Crippen LogP contribution < -0.4 is 0 Å². The lowest BCUT2D eigenvalue weighted by atomic mass is 9.43. The molecule has 6 N–H and O–H groups in total. The van der Waals surface area contributed by atoms with Crippen LogP contribution in [0.5, 0.6) is 0 Å². The molecule has 14 nitrogen and oxygen atoms in total. The number of rotatable bonds is 7. The van der Waals surface area contributed by atoms with Crippen LogP contribution in [-0.2, 0) is 38.0 Å². The van der Waals surface area contributed by atoms with Gasteiger partial charge in [0, 0.05) is 43.1 Å². The van der Waals surface area contributed by atoms with Gasteiger partial charge in [0.2, 0.25) is 0 Å². The van der Waals surface area contributed by atoms with Crippen molar-refractivity contribution < 1.29 is 68.6 Å². The lowest BCUT2D eigenvalue weighted by molar-refractivity contribution is -0.336. The summed E-state index contributed by atoms with van der Waals surface area (Å²) in [5.74, 6) is 0.174. The summed E-state index contributed by atoms with van der Waals surface area (Å²) in [5, 5.41) is 66.3. The van der Waals surface area contributed by atoms with Crippen molar-refractivity contribution in [2.24, 2.45) is 34.5 Å². The predicted octanol–water partition coefficient (Wildman–Crippen LogP) is 2.22. The second-order valence-electron chi connectivity index (χ2n) is 18.9. The van der Waals surface area contributed by atoms with Gasteiger partial charge in [-0.2, -0.15) is 0 Å². The fourth-order valence-corrected chi connectivity index (χ4v) is 12.9. The van der Waals surface area contributed by atoms with Crippen molar-refractivity contribution in [1.82, 2.24) is 0 Å². The molecule has 0 amide bonds. The molecule has 21 atom stereocenters. The number of fused-ring (bicyclic) bond motifs is 5. The van der Waals surface area contributed by atoms with Crippen molar-refractivity contribution in [2.45, 2.75) is 197 Å². The number of hydrogen-bond donors (Lipinski definition) is 6. The summed E-state index contributed by atoms with van der Waals surface area (Å²) in [5.41, 5.74) is -0.686. The molecule has 0 aromatic heterocycles. The minimum atomic E-state index is -1.01. The van der Waals surface area contributed by atoms with Crippen molar-refractivity contribution >= 4 is 5.97 Å². The smallest absolute Gasteiger partial charge is 0.331 e. The highest BCUT2D eigenvalue weighted by atomic mass is 16.7. The van der Waals surface area contributed by atoms with E-state index in [0.29, 0.717) is 18.3 Å². The SMILES string of the molecule is C[C@H]1O[C@@H](OC2CC[C@@]3(C)[C@H](CCC4[C@@H]3CC[C@]3(C)[C@@H](C5=CC(=O)OC5)[C@@H](O)C[C@]43O)C2)C[C@H](O)C1O[C@H]1C[C@H](O)[C@H](O[C@H]2C[C@H](O)[C@H](O)[C@@H](C)O2)[C@@H](C)O1. The lowest BCUT2D eigenvalue weighted by Gasteiger charge is -2.63. The number of aliphatic hydroxyl groups is 6. The van der Waals surface area contributed by atoms with E-state index in [1.54, 1.807) is 13.8 Å². The van der Waals surface area contributed by atoms with E-state index in [1.165, 1.54) is 6.08 Å². The van der Waals surface area contributed by atoms with Gasteiger partial charge in [-0.15, -0.1) is 0 Å². The molecule has 0 aromatic carbocycles. The summed E-state index contributed by atoms with van der Waals surface area (Å²) in [6, 6.07) is 0.